The molecule has 0 amide bonds. The van der Waals surface area contributed by atoms with Gasteiger partial charge in [-0.2, -0.15) is 0 Å². The van der Waals surface area contributed by atoms with Crippen LogP contribution in [0, 0.1) is 0 Å². The molecule has 1 aromatic carbocycles. The molecule has 2 atom stereocenters. The van der Waals surface area contributed by atoms with Crippen LogP contribution in [-0.2, 0) is 4.79 Å². The summed E-state index contributed by atoms with van der Waals surface area (Å²) in [7, 11) is 0. The minimum Gasteiger partial charge on any atom is -0.481 e. The Morgan fingerprint density at radius 1 is 1.31 bits per heavy atom. The standard InChI is InChI=1S/C13H19NO2/c1-10(12-6-4-3-5-7-12)9-14-11(2)8-13(15)16/h3-7,10-11,14H,8-9H2,1-2H3,(H,15,16). The average molecular weight is 221 g/mol. The summed E-state index contributed by atoms with van der Waals surface area (Å²) in [5.41, 5.74) is 1.28. The molecular formula is C13H19NO2. The van der Waals surface area contributed by atoms with Gasteiger partial charge in [0.05, 0.1) is 6.42 Å². The van der Waals surface area contributed by atoms with Crippen molar-refractivity contribution < 1.29 is 9.90 Å². The maximum atomic E-state index is 10.5. The predicted octanol–water partition coefficient (Wildman–Crippen LogP) is 2.24. The maximum absolute atomic E-state index is 10.5. The second-order valence-corrected chi connectivity index (χ2v) is 4.22. The minimum atomic E-state index is -0.757. The van der Waals surface area contributed by atoms with E-state index in [0.717, 1.165) is 6.54 Å². The van der Waals surface area contributed by atoms with E-state index in [2.05, 4.69) is 24.4 Å². The van der Waals surface area contributed by atoms with Gasteiger partial charge in [-0.1, -0.05) is 37.3 Å². The number of aliphatic carboxylic acids is 1. The fourth-order valence-corrected chi connectivity index (χ4v) is 1.61. The topological polar surface area (TPSA) is 49.3 Å². The number of rotatable bonds is 6. The SMILES string of the molecule is CC(CC(=O)O)NCC(C)c1ccccc1. The van der Waals surface area contributed by atoms with E-state index in [0.29, 0.717) is 5.92 Å². The van der Waals surface area contributed by atoms with Crippen molar-refractivity contribution in [1.29, 1.82) is 0 Å². The van der Waals surface area contributed by atoms with Gasteiger partial charge in [0.2, 0.25) is 0 Å². The number of carboxylic acids is 1. The van der Waals surface area contributed by atoms with E-state index in [1.165, 1.54) is 5.56 Å². The molecule has 2 unspecified atom stereocenters. The van der Waals surface area contributed by atoms with E-state index in [1.54, 1.807) is 0 Å². The Labute approximate surface area is 96.5 Å². The van der Waals surface area contributed by atoms with E-state index < -0.39 is 5.97 Å². The molecule has 1 rings (SSSR count). The van der Waals surface area contributed by atoms with Crippen LogP contribution in [0.2, 0.25) is 0 Å². The zero-order chi connectivity index (χ0) is 12.0. The highest BCUT2D eigenvalue weighted by Crippen LogP contribution is 2.13. The van der Waals surface area contributed by atoms with Gasteiger partial charge in [0.15, 0.2) is 0 Å². The molecule has 3 nitrogen and oxygen atoms in total. The Hall–Kier alpha value is -1.35. The van der Waals surface area contributed by atoms with E-state index in [-0.39, 0.29) is 12.5 Å². The lowest BCUT2D eigenvalue weighted by atomic mass is 10.0. The van der Waals surface area contributed by atoms with Gasteiger partial charge in [-0.3, -0.25) is 4.79 Å². The summed E-state index contributed by atoms with van der Waals surface area (Å²) in [6, 6.07) is 10.2. The molecule has 0 heterocycles. The van der Waals surface area contributed by atoms with Gasteiger partial charge in [0.25, 0.3) is 0 Å². The van der Waals surface area contributed by atoms with Crippen molar-refractivity contribution in [2.24, 2.45) is 0 Å². The van der Waals surface area contributed by atoms with Gasteiger partial charge >= 0.3 is 5.97 Å². The fraction of sp³-hybridized carbons (Fsp3) is 0.462. The Balaban J connectivity index is 2.35. The zero-order valence-electron chi connectivity index (χ0n) is 9.81. The zero-order valence-corrected chi connectivity index (χ0v) is 9.81. The Kier molecular flexibility index (Phi) is 4.99. The van der Waals surface area contributed by atoms with Gasteiger partial charge in [-0.25, -0.2) is 0 Å². The highest BCUT2D eigenvalue weighted by Gasteiger charge is 2.09. The van der Waals surface area contributed by atoms with Crippen LogP contribution in [0.5, 0.6) is 0 Å². The third-order valence-electron chi connectivity index (χ3n) is 2.62. The highest BCUT2D eigenvalue weighted by molar-refractivity contribution is 5.67. The van der Waals surface area contributed by atoms with E-state index in [9.17, 15) is 4.79 Å². The van der Waals surface area contributed by atoms with Crippen LogP contribution in [0.15, 0.2) is 30.3 Å². The minimum absolute atomic E-state index is 0.0173. The summed E-state index contributed by atoms with van der Waals surface area (Å²) in [5, 5.41) is 11.9. The van der Waals surface area contributed by atoms with E-state index in [1.807, 2.05) is 25.1 Å². The van der Waals surface area contributed by atoms with Gasteiger partial charge in [-0.15, -0.1) is 0 Å². The first-order valence-electron chi connectivity index (χ1n) is 5.59. The molecule has 88 valence electrons. The molecule has 3 heteroatoms. The number of carbonyl (C=O) groups is 1. The van der Waals surface area contributed by atoms with Crippen LogP contribution in [0.1, 0.15) is 31.7 Å². The van der Waals surface area contributed by atoms with Crippen LogP contribution >= 0.6 is 0 Å². The van der Waals surface area contributed by atoms with Crippen LogP contribution < -0.4 is 5.32 Å². The van der Waals surface area contributed by atoms with Crippen molar-refractivity contribution in [3.63, 3.8) is 0 Å². The van der Waals surface area contributed by atoms with Crippen molar-refractivity contribution >= 4 is 5.97 Å². The summed E-state index contributed by atoms with van der Waals surface area (Å²) < 4.78 is 0. The Morgan fingerprint density at radius 2 is 1.94 bits per heavy atom. The molecule has 0 aliphatic heterocycles. The number of hydrogen-bond acceptors (Lipinski definition) is 2. The predicted molar refractivity (Wildman–Crippen MR) is 64.6 cm³/mol. The molecule has 0 aromatic heterocycles. The second kappa shape index (κ2) is 6.28. The molecule has 16 heavy (non-hydrogen) atoms. The number of carboxylic acid groups (broad SMARTS) is 1. The van der Waals surface area contributed by atoms with Gasteiger partial charge in [-0.05, 0) is 18.4 Å². The van der Waals surface area contributed by atoms with Crippen LogP contribution in [0.3, 0.4) is 0 Å². The van der Waals surface area contributed by atoms with Crippen molar-refractivity contribution in [1.82, 2.24) is 5.32 Å². The van der Waals surface area contributed by atoms with Gasteiger partial charge < -0.3 is 10.4 Å². The van der Waals surface area contributed by atoms with Crippen LogP contribution in [-0.4, -0.2) is 23.7 Å². The molecule has 0 fully saturated rings. The monoisotopic (exact) mass is 221 g/mol. The second-order valence-electron chi connectivity index (χ2n) is 4.22. The molecule has 0 radical (unpaired) electrons. The van der Waals surface area contributed by atoms with Crippen molar-refractivity contribution in [2.45, 2.75) is 32.2 Å². The van der Waals surface area contributed by atoms with Crippen LogP contribution in [0.25, 0.3) is 0 Å². The molecular weight excluding hydrogens is 202 g/mol. The number of nitrogens with one attached hydrogen (secondary N) is 1. The normalized spacial score (nSPS) is 14.4. The first-order valence-corrected chi connectivity index (χ1v) is 5.59. The first-order chi connectivity index (χ1) is 7.59. The number of hydrogen-bond donors (Lipinski definition) is 2. The van der Waals surface area contributed by atoms with Gasteiger partial charge in [0.1, 0.15) is 0 Å². The lowest BCUT2D eigenvalue weighted by molar-refractivity contribution is -0.137. The van der Waals surface area contributed by atoms with Crippen LogP contribution in [0.4, 0.5) is 0 Å². The summed E-state index contributed by atoms with van der Waals surface area (Å²) in [6.07, 6.45) is 0.168. The lowest BCUT2D eigenvalue weighted by Gasteiger charge is -2.16. The largest absolute Gasteiger partial charge is 0.481 e. The third kappa shape index (κ3) is 4.45. The van der Waals surface area contributed by atoms with E-state index in [4.69, 9.17) is 5.11 Å². The maximum Gasteiger partial charge on any atom is 0.304 e. The first kappa shape index (κ1) is 12.7. The molecule has 2 N–H and O–H groups in total. The van der Waals surface area contributed by atoms with Crippen molar-refractivity contribution in [3.05, 3.63) is 35.9 Å². The fourth-order valence-electron chi connectivity index (χ4n) is 1.61. The van der Waals surface area contributed by atoms with E-state index >= 15 is 0 Å². The lowest BCUT2D eigenvalue weighted by Crippen LogP contribution is -2.31. The molecule has 0 bridgehead atoms. The molecule has 0 aliphatic rings. The smallest absolute Gasteiger partial charge is 0.304 e. The molecule has 0 saturated heterocycles. The summed E-state index contributed by atoms with van der Waals surface area (Å²) in [4.78, 5) is 10.5. The molecule has 0 saturated carbocycles. The Morgan fingerprint density at radius 3 is 2.50 bits per heavy atom. The van der Waals surface area contributed by atoms with Crippen molar-refractivity contribution in [2.75, 3.05) is 6.54 Å². The quantitative estimate of drug-likeness (QED) is 0.774. The highest BCUT2D eigenvalue weighted by atomic mass is 16.4. The van der Waals surface area contributed by atoms with Gasteiger partial charge in [0, 0.05) is 12.6 Å². The molecule has 1 aromatic rings. The molecule has 0 spiro atoms. The number of benzene rings is 1. The van der Waals surface area contributed by atoms with Crippen molar-refractivity contribution in [3.8, 4) is 0 Å². The third-order valence-corrected chi connectivity index (χ3v) is 2.62. The summed E-state index contributed by atoms with van der Waals surface area (Å²) in [5.74, 6) is -0.357. The molecule has 0 aliphatic carbocycles. The summed E-state index contributed by atoms with van der Waals surface area (Å²) in [6.45, 7) is 4.83. The summed E-state index contributed by atoms with van der Waals surface area (Å²) >= 11 is 0. The Bertz CT molecular complexity index is 324. The average Bonchev–Trinajstić information content (AvgIpc) is 2.26.